The van der Waals surface area contributed by atoms with Crippen LogP contribution < -0.4 is 5.32 Å². The van der Waals surface area contributed by atoms with Crippen molar-refractivity contribution < 1.29 is 0 Å². The molecule has 19 heavy (non-hydrogen) atoms. The van der Waals surface area contributed by atoms with Crippen LogP contribution in [-0.4, -0.2) is 11.1 Å². The van der Waals surface area contributed by atoms with Crippen LogP contribution in [0.2, 0.25) is 0 Å². The van der Waals surface area contributed by atoms with Crippen LogP contribution in [0.15, 0.2) is 29.9 Å². The zero-order chi connectivity index (χ0) is 13.1. The van der Waals surface area contributed by atoms with Crippen molar-refractivity contribution in [2.75, 3.05) is 6.54 Å². The van der Waals surface area contributed by atoms with Crippen molar-refractivity contribution in [2.24, 2.45) is 0 Å². The van der Waals surface area contributed by atoms with Gasteiger partial charge in [-0.1, -0.05) is 13.0 Å². The molecule has 1 aliphatic carbocycles. The number of thiophene rings is 1. The minimum absolute atomic E-state index is 0.577. The van der Waals surface area contributed by atoms with Crippen LogP contribution in [0.1, 0.15) is 48.2 Å². The number of aryl methyl sites for hydroxylation is 1. The number of rotatable bonds is 5. The van der Waals surface area contributed by atoms with E-state index in [2.05, 4.69) is 46.7 Å². The van der Waals surface area contributed by atoms with Gasteiger partial charge in [0.05, 0.1) is 6.54 Å². The van der Waals surface area contributed by atoms with Gasteiger partial charge in [0, 0.05) is 23.3 Å². The fourth-order valence-electron chi connectivity index (χ4n) is 2.95. The number of fused-ring (bicyclic) bond motifs is 1. The van der Waals surface area contributed by atoms with Crippen LogP contribution in [-0.2, 0) is 13.0 Å². The van der Waals surface area contributed by atoms with E-state index < -0.39 is 0 Å². The van der Waals surface area contributed by atoms with E-state index in [1.807, 2.05) is 11.3 Å². The van der Waals surface area contributed by atoms with Gasteiger partial charge in [-0.15, -0.1) is 11.3 Å². The second-order valence-corrected chi connectivity index (χ2v) is 6.42. The number of nitrogens with zero attached hydrogens (tertiary/aromatic N) is 1. The third-order valence-electron chi connectivity index (χ3n) is 3.87. The van der Waals surface area contributed by atoms with Gasteiger partial charge in [-0.2, -0.15) is 0 Å². The molecule has 1 aliphatic rings. The minimum Gasteiger partial charge on any atom is -0.348 e. The fraction of sp³-hybridized carbons (Fsp3) is 0.500. The summed E-state index contributed by atoms with van der Waals surface area (Å²) in [7, 11) is 0. The Kier molecular flexibility index (Phi) is 4.04. The van der Waals surface area contributed by atoms with Crippen molar-refractivity contribution in [3.8, 4) is 0 Å². The number of nitrogens with one attached hydrogen (secondary N) is 1. The molecule has 0 bridgehead atoms. The Morgan fingerprint density at radius 1 is 1.42 bits per heavy atom. The average molecular weight is 274 g/mol. The van der Waals surface area contributed by atoms with Crippen molar-refractivity contribution in [1.82, 2.24) is 9.88 Å². The lowest BCUT2D eigenvalue weighted by molar-refractivity contribution is 0.462. The molecule has 0 saturated heterocycles. The summed E-state index contributed by atoms with van der Waals surface area (Å²) in [6.07, 6.45) is 9.78. The number of hydrogen-bond acceptors (Lipinski definition) is 2. The lowest BCUT2D eigenvalue weighted by atomic mass is 9.91. The molecule has 2 nitrogen and oxygen atoms in total. The van der Waals surface area contributed by atoms with E-state index >= 15 is 0 Å². The highest BCUT2D eigenvalue weighted by atomic mass is 32.1. The van der Waals surface area contributed by atoms with E-state index in [1.54, 1.807) is 5.56 Å². The monoisotopic (exact) mass is 274 g/mol. The molecular formula is C16H22N2S. The number of aromatic nitrogens is 1. The Hall–Kier alpha value is -1.06. The molecular weight excluding hydrogens is 252 g/mol. The molecule has 2 aromatic heterocycles. The molecule has 1 unspecified atom stereocenters. The number of hydrogen-bond donors (Lipinski definition) is 1. The van der Waals surface area contributed by atoms with Crippen molar-refractivity contribution in [3.63, 3.8) is 0 Å². The van der Waals surface area contributed by atoms with Gasteiger partial charge in [0.1, 0.15) is 0 Å². The zero-order valence-corrected chi connectivity index (χ0v) is 12.4. The third kappa shape index (κ3) is 2.93. The Balaban J connectivity index is 1.77. The molecule has 0 aliphatic heterocycles. The summed E-state index contributed by atoms with van der Waals surface area (Å²) in [6, 6.07) is 4.93. The standard InChI is InChI=1S/C16H22N2S/c1-2-8-17-16-7-3-5-13-10-18(12-15(13)16)11-14-6-4-9-19-14/h4,6,9-10,12,16-17H,2-3,5,7-8,11H2,1H3. The maximum Gasteiger partial charge on any atom is 0.0563 e. The minimum atomic E-state index is 0.577. The van der Waals surface area contributed by atoms with Crippen LogP contribution in [0.25, 0.3) is 0 Å². The van der Waals surface area contributed by atoms with Gasteiger partial charge >= 0.3 is 0 Å². The Bertz CT molecular complexity index is 513. The molecule has 3 rings (SSSR count). The summed E-state index contributed by atoms with van der Waals surface area (Å²) in [4.78, 5) is 1.44. The Morgan fingerprint density at radius 3 is 3.16 bits per heavy atom. The van der Waals surface area contributed by atoms with Crippen molar-refractivity contribution in [1.29, 1.82) is 0 Å². The van der Waals surface area contributed by atoms with Crippen LogP contribution in [0.5, 0.6) is 0 Å². The summed E-state index contributed by atoms with van der Waals surface area (Å²) in [6.45, 7) is 4.38. The molecule has 1 N–H and O–H groups in total. The highest BCUT2D eigenvalue weighted by Crippen LogP contribution is 2.30. The molecule has 0 fully saturated rings. The largest absolute Gasteiger partial charge is 0.348 e. The van der Waals surface area contributed by atoms with Gasteiger partial charge in [0.2, 0.25) is 0 Å². The van der Waals surface area contributed by atoms with E-state index in [0.717, 1.165) is 13.1 Å². The summed E-state index contributed by atoms with van der Waals surface area (Å²) in [5.74, 6) is 0. The highest BCUT2D eigenvalue weighted by Gasteiger charge is 2.21. The zero-order valence-electron chi connectivity index (χ0n) is 11.6. The normalized spacial score (nSPS) is 18.5. The van der Waals surface area contributed by atoms with Crippen LogP contribution in [0, 0.1) is 0 Å². The molecule has 2 aromatic rings. The first-order chi connectivity index (χ1) is 9.36. The highest BCUT2D eigenvalue weighted by molar-refractivity contribution is 7.09. The first-order valence-corrected chi connectivity index (χ1v) is 8.19. The van der Waals surface area contributed by atoms with Gasteiger partial charge in [0.25, 0.3) is 0 Å². The molecule has 0 radical (unpaired) electrons. The molecule has 2 heterocycles. The predicted molar refractivity (Wildman–Crippen MR) is 81.8 cm³/mol. The smallest absolute Gasteiger partial charge is 0.0563 e. The molecule has 0 spiro atoms. The lowest BCUT2D eigenvalue weighted by Crippen LogP contribution is -2.24. The summed E-state index contributed by atoms with van der Waals surface area (Å²) >= 11 is 1.84. The summed E-state index contributed by atoms with van der Waals surface area (Å²) in [5.41, 5.74) is 3.09. The van der Waals surface area contributed by atoms with Gasteiger partial charge in [-0.05, 0) is 54.8 Å². The van der Waals surface area contributed by atoms with E-state index in [0.29, 0.717) is 6.04 Å². The molecule has 1 atom stereocenters. The van der Waals surface area contributed by atoms with Gasteiger partial charge in [0.15, 0.2) is 0 Å². The van der Waals surface area contributed by atoms with E-state index in [9.17, 15) is 0 Å². The quantitative estimate of drug-likeness (QED) is 0.873. The molecule has 102 valence electrons. The van der Waals surface area contributed by atoms with Crippen LogP contribution in [0.3, 0.4) is 0 Å². The molecule has 0 saturated carbocycles. The van der Waals surface area contributed by atoms with Gasteiger partial charge < -0.3 is 9.88 Å². The van der Waals surface area contributed by atoms with Crippen LogP contribution >= 0.6 is 11.3 Å². The second-order valence-electron chi connectivity index (χ2n) is 5.39. The summed E-state index contributed by atoms with van der Waals surface area (Å²) in [5, 5.41) is 5.85. The molecule has 0 aromatic carbocycles. The maximum absolute atomic E-state index is 3.69. The van der Waals surface area contributed by atoms with Crippen molar-refractivity contribution in [2.45, 2.75) is 45.2 Å². The third-order valence-corrected chi connectivity index (χ3v) is 4.73. The van der Waals surface area contributed by atoms with Gasteiger partial charge in [-0.3, -0.25) is 0 Å². The Morgan fingerprint density at radius 2 is 2.37 bits per heavy atom. The lowest BCUT2D eigenvalue weighted by Gasteiger charge is -2.23. The van der Waals surface area contributed by atoms with Crippen molar-refractivity contribution >= 4 is 11.3 Å². The first kappa shape index (κ1) is 12.9. The van der Waals surface area contributed by atoms with E-state index in [4.69, 9.17) is 0 Å². The van der Waals surface area contributed by atoms with Crippen molar-refractivity contribution in [3.05, 3.63) is 45.9 Å². The molecule has 0 amide bonds. The van der Waals surface area contributed by atoms with Gasteiger partial charge in [-0.25, -0.2) is 0 Å². The topological polar surface area (TPSA) is 17.0 Å². The summed E-state index contributed by atoms with van der Waals surface area (Å²) < 4.78 is 2.36. The first-order valence-electron chi connectivity index (χ1n) is 7.31. The van der Waals surface area contributed by atoms with E-state index in [-0.39, 0.29) is 0 Å². The van der Waals surface area contributed by atoms with Crippen LogP contribution in [0.4, 0.5) is 0 Å². The SMILES string of the molecule is CCCNC1CCCc2cn(Cc3cccs3)cc21. The fourth-order valence-corrected chi connectivity index (χ4v) is 3.67. The van der Waals surface area contributed by atoms with E-state index in [1.165, 1.54) is 36.1 Å². The Labute approximate surface area is 119 Å². The second kappa shape index (κ2) is 5.93. The molecule has 3 heteroatoms. The predicted octanol–water partition coefficient (Wildman–Crippen LogP) is 3.97. The maximum atomic E-state index is 3.69. The average Bonchev–Trinajstić information content (AvgIpc) is 3.05.